The van der Waals surface area contributed by atoms with Crippen molar-refractivity contribution in [1.82, 2.24) is 10.3 Å². The zero-order valence-electron chi connectivity index (χ0n) is 12.8. The number of carbonyl (C=O) groups excluding carboxylic acids is 1. The fourth-order valence-corrected chi connectivity index (χ4v) is 3.49. The number of amides is 1. The van der Waals surface area contributed by atoms with Crippen LogP contribution in [0.5, 0.6) is 0 Å². The van der Waals surface area contributed by atoms with Gasteiger partial charge in [0.05, 0.1) is 12.3 Å². The summed E-state index contributed by atoms with van der Waals surface area (Å²) in [6, 6.07) is 9.73. The topological polar surface area (TPSA) is 71.5 Å². The normalized spacial score (nSPS) is 18.7. The lowest BCUT2D eigenvalue weighted by atomic mass is 10.1. The van der Waals surface area contributed by atoms with Crippen molar-refractivity contribution in [3.8, 4) is 0 Å². The minimum Gasteiger partial charge on any atom is -0.391 e. The van der Waals surface area contributed by atoms with Gasteiger partial charge in [-0.15, -0.1) is 11.3 Å². The third-order valence-corrected chi connectivity index (χ3v) is 4.85. The first-order valence-electron chi connectivity index (χ1n) is 7.80. The van der Waals surface area contributed by atoms with Crippen LogP contribution in [0.25, 0.3) is 0 Å². The summed E-state index contributed by atoms with van der Waals surface area (Å²) >= 11 is 1.36. The van der Waals surface area contributed by atoms with Gasteiger partial charge in [0.1, 0.15) is 16.0 Å². The second-order valence-electron chi connectivity index (χ2n) is 5.62. The maximum Gasteiger partial charge on any atom is 0.263 e. The third kappa shape index (κ3) is 4.37. The van der Waals surface area contributed by atoms with E-state index in [0.29, 0.717) is 11.3 Å². The summed E-state index contributed by atoms with van der Waals surface area (Å²) in [6.45, 7) is 0.984. The fourth-order valence-electron chi connectivity index (χ4n) is 2.57. The first-order valence-corrected chi connectivity index (χ1v) is 8.61. The highest BCUT2D eigenvalue weighted by Gasteiger charge is 2.22. The highest BCUT2D eigenvalue weighted by atomic mass is 32.1. The van der Waals surface area contributed by atoms with Crippen LogP contribution in [0.4, 0.5) is 0 Å². The molecule has 1 fully saturated rings. The van der Waals surface area contributed by atoms with Crippen molar-refractivity contribution >= 4 is 17.2 Å². The van der Waals surface area contributed by atoms with Gasteiger partial charge in [-0.25, -0.2) is 4.98 Å². The van der Waals surface area contributed by atoms with E-state index in [1.54, 1.807) is 6.20 Å². The quantitative estimate of drug-likeness (QED) is 0.852. The van der Waals surface area contributed by atoms with E-state index in [-0.39, 0.29) is 18.6 Å². The molecule has 2 atom stereocenters. The molecule has 2 heterocycles. The predicted octanol–water partition coefficient (Wildman–Crippen LogP) is 2.33. The predicted molar refractivity (Wildman–Crippen MR) is 88.5 cm³/mol. The number of rotatable bonds is 6. The van der Waals surface area contributed by atoms with Crippen LogP contribution in [-0.4, -0.2) is 35.3 Å². The van der Waals surface area contributed by atoms with Gasteiger partial charge < -0.3 is 15.2 Å². The lowest BCUT2D eigenvalue weighted by molar-refractivity contribution is 0.0919. The number of nitrogens with one attached hydrogen (secondary N) is 1. The molecular weight excluding hydrogens is 312 g/mol. The van der Waals surface area contributed by atoms with Gasteiger partial charge in [0.25, 0.3) is 5.91 Å². The maximum absolute atomic E-state index is 12.1. The molecule has 1 aliphatic heterocycles. The molecule has 1 amide bonds. The zero-order valence-corrected chi connectivity index (χ0v) is 13.6. The Labute approximate surface area is 139 Å². The van der Waals surface area contributed by atoms with Crippen molar-refractivity contribution in [3.63, 3.8) is 0 Å². The Balaban J connectivity index is 1.49. The molecule has 6 heteroatoms. The minimum atomic E-state index is -0.605. The molecular formula is C17H20N2O3S. The van der Waals surface area contributed by atoms with Gasteiger partial charge in [0.2, 0.25) is 0 Å². The van der Waals surface area contributed by atoms with Gasteiger partial charge in [-0.05, 0) is 18.4 Å². The number of nitrogens with zero attached hydrogens (tertiary/aromatic N) is 1. The van der Waals surface area contributed by atoms with Crippen LogP contribution < -0.4 is 5.32 Å². The Hall–Kier alpha value is -1.76. The van der Waals surface area contributed by atoms with E-state index in [4.69, 9.17) is 4.74 Å². The van der Waals surface area contributed by atoms with Gasteiger partial charge in [-0.2, -0.15) is 0 Å². The summed E-state index contributed by atoms with van der Waals surface area (Å²) in [5.41, 5.74) is 1.05. The molecule has 122 valence electrons. The van der Waals surface area contributed by atoms with Crippen LogP contribution >= 0.6 is 11.3 Å². The SMILES string of the molecule is O=C(NCC(O)Cc1ccccc1)c1cnc(C2CCCO2)s1. The Morgan fingerprint density at radius 3 is 3.00 bits per heavy atom. The zero-order chi connectivity index (χ0) is 16.1. The van der Waals surface area contributed by atoms with Crippen LogP contribution in [0, 0.1) is 0 Å². The second-order valence-corrected chi connectivity index (χ2v) is 6.68. The van der Waals surface area contributed by atoms with E-state index in [2.05, 4.69) is 10.3 Å². The van der Waals surface area contributed by atoms with Gasteiger partial charge in [-0.1, -0.05) is 30.3 Å². The molecule has 0 spiro atoms. The molecule has 1 aromatic heterocycles. The third-order valence-electron chi connectivity index (χ3n) is 3.76. The Kier molecular flexibility index (Phi) is 5.38. The highest BCUT2D eigenvalue weighted by Crippen LogP contribution is 2.31. The van der Waals surface area contributed by atoms with Crippen molar-refractivity contribution in [3.05, 3.63) is 52.0 Å². The van der Waals surface area contributed by atoms with E-state index in [0.717, 1.165) is 30.0 Å². The molecule has 5 nitrogen and oxygen atoms in total. The summed E-state index contributed by atoms with van der Waals surface area (Å²) in [6.07, 6.45) is 3.53. The minimum absolute atomic E-state index is 0.0326. The molecule has 0 radical (unpaired) electrons. The fraction of sp³-hybridized carbons (Fsp3) is 0.412. The van der Waals surface area contributed by atoms with Crippen LogP contribution in [0.15, 0.2) is 36.5 Å². The largest absolute Gasteiger partial charge is 0.391 e. The number of thiazole rings is 1. The number of aliphatic hydroxyl groups excluding tert-OH is 1. The molecule has 23 heavy (non-hydrogen) atoms. The van der Waals surface area contributed by atoms with E-state index >= 15 is 0 Å². The number of aromatic nitrogens is 1. The van der Waals surface area contributed by atoms with Crippen LogP contribution in [0.2, 0.25) is 0 Å². The first kappa shape index (κ1) is 16.1. The van der Waals surface area contributed by atoms with Gasteiger partial charge >= 0.3 is 0 Å². The number of aliphatic hydroxyl groups is 1. The number of carbonyl (C=O) groups is 1. The number of ether oxygens (including phenoxy) is 1. The lowest BCUT2D eigenvalue weighted by Gasteiger charge is -2.11. The van der Waals surface area contributed by atoms with E-state index < -0.39 is 6.10 Å². The van der Waals surface area contributed by atoms with Crippen LogP contribution in [0.3, 0.4) is 0 Å². The molecule has 2 aromatic rings. The molecule has 0 bridgehead atoms. The number of hydrogen-bond acceptors (Lipinski definition) is 5. The van der Waals surface area contributed by atoms with Crippen molar-refractivity contribution < 1.29 is 14.6 Å². The number of hydrogen-bond donors (Lipinski definition) is 2. The molecule has 0 aliphatic carbocycles. The Morgan fingerprint density at radius 1 is 1.43 bits per heavy atom. The molecule has 1 aliphatic rings. The van der Waals surface area contributed by atoms with Gasteiger partial charge in [-0.3, -0.25) is 4.79 Å². The molecule has 1 aromatic carbocycles. The van der Waals surface area contributed by atoms with Crippen molar-refractivity contribution in [2.75, 3.05) is 13.2 Å². The van der Waals surface area contributed by atoms with Gasteiger partial charge in [0, 0.05) is 19.6 Å². The summed E-state index contributed by atoms with van der Waals surface area (Å²) < 4.78 is 5.57. The second kappa shape index (κ2) is 7.68. The molecule has 2 unspecified atom stereocenters. The van der Waals surface area contributed by atoms with Gasteiger partial charge in [0.15, 0.2) is 0 Å². The van der Waals surface area contributed by atoms with E-state index in [9.17, 15) is 9.90 Å². The molecule has 2 N–H and O–H groups in total. The van der Waals surface area contributed by atoms with E-state index in [1.807, 2.05) is 30.3 Å². The smallest absolute Gasteiger partial charge is 0.263 e. The summed E-state index contributed by atoms with van der Waals surface area (Å²) in [7, 11) is 0. The van der Waals surface area contributed by atoms with Crippen molar-refractivity contribution in [1.29, 1.82) is 0 Å². The summed E-state index contributed by atoms with van der Waals surface area (Å²) in [4.78, 5) is 17.0. The average molecular weight is 332 g/mol. The summed E-state index contributed by atoms with van der Waals surface area (Å²) in [5.74, 6) is -0.196. The summed E-state index contributed by atoms with van der Waals surface area (Å²) in [5, 5.41) is 13.7. The Bertz CT molecular complexity index is 638. The highest BCUT2D eigenvalue weighted by molar-refractivity contribution is 7.13. The van der Waals surface area contributed by atoms with Crippen molar-refractivity contribution in [2.45, 2.75) is 31.5 Å². The molecule has 3 rings (SSSR count). The van der Waals surface area contributed by atoms with E-state index in [1.165, 1.54) is 11.3 Å². The van der Waals surface area contributed by atoms with Crippen molar-refractivity contribution in [2.24, 2.45) is 0 Å². The monoisotopic (exact) mass is 332 g/mol. The van der Waals surface area contributed by atoms with Crippen LogP contribution in [-0.2, 0) is 11.2 Å². The standard InChI is InChI=1S/C17H20N2O3S/c20-13(9-12-5-2-1-3-6-12)10-18-16(21)15-11-19-17(23-15)14-7-4-8-22-14/h1-3,5-6,11,13-14,20H,4,7-10H2,(H,18,21). The van der Waals surface area contributed by atoms with Crippen LogP contribution in [0.1, 0.15) is 39.2 Å². The Morgan fingerprint density at radius 2 is 2.26 bits per heavy atom. The number of benzene rings is 1. The maximum atomic E-state index is 12.1. The molecule has 1 saturated heterocycles. The molecule has 0 saturated carbocycles. The first-order chi connectivity index (χ1) is 11.2. The average Bonchev–Trinajstić information content (AvgIpc) is 3.24. The lowest BCUT2D eigenvalue weighted by Crippen LogP contribution is -2.32.